The highest BCUT2D eigenvalue weighted by Crippen LogP contribution is 2.29. The molecule has 0 saturated heterocycles. The SMILES string of the molecule is CCCCCCCCCCCCc1cc(C)cc(-n2nc3ccccc3n2)c1O.Cc1ccc(O)c(-n2nc3ccccc3n2)c1. The van der Waals surface area contributed by atoms with Crippen LogP contribution in [0.3, 0.4) is 0 Å². The van der Waals surface area contributed by atoms with Gasteiger partial charge in [0.25, 0.3) is 0 Å². The maximum Gasteiger partial charge on any atom is 0.146 e. The Hall–Kier alpha value is -4.72. The van der Waals surface area contributed by atoms with Crippen LogP contribution in [0, 0.1) is 13.8 Å². The molecular formula is C38H46N6O2. The van der Waals surface area contributed by atoms with Crippen LogP contribution in [-0.2, 0) is 6.42 Å². The first-order valence-electron chi connectivity index (χ1n) is 16.7. The summed E-state index contributed by atoms with van der Waals surface area (Å²) in [5.41, 5.74) is 7.75. The minimum Gasteiger partial charge on any atom is -0.506 e. The molecule has 2 aromatic heterocycles. The summed E-state index contributed by atoms with van der Waals surface area (Å²) < 4.78 is 0. The summed E-state index contributed by atoms with van der Waals surface area (Å²) in [6.07, 6.45) is 14.1. The van der Waals surface area contributed by atoms with E-state index in [-0.39, 0.29) is 5.75 Å². The molecule has 4 aromatic carbocycles. The van der Waals surface area contributed by atoms with Crippen LogP contribution in [0.5, 0.6) is 11.5 Å². The lowest BCUT2D eigenvalue weighted by atomic mass is 10.0. The van der Waals surface area contributed by atoms with Crippen molar-refractivity contribution in [2.24, 2.45) is 0 Å². The molecule has 6 rings (SSSR count). The van der Waals surface area contributed by atoms with Crippen molar-refractivity contribution in [1.82, 2.24) is 30.0 Å². The minimum atomic E-state index is 0.177. The predicted octanol–water partition coefficient (Wildman–Crippen LogP) is 9.33. The largest absolute Gasteiger partial charge is 0.506 e. The number of phenolic OH excluding ortho intramolecular Hbond substituents is 2. The zero-order valence-electron chi connectivity index (χ0n) is 27.4. The van der Waals surface area contributed by atoms with Gasteiger partial charge in [0.15, 0.2) is 0 Å². The summed E-state index contributed by atoms with van der Waals surface area (Å²) in [7, 11) is 0. The Morgan fingerprint density at radius 2 is 0.978 bits per heavy atom. The molecule has 0 amide bonds. The molecule has 240 valence electrons. The van der Waals surface area contributed by atoms with E-state index in [1.165, 1.54) is 62.6 Å². The first-order valence-corrected chi connectivity index (χ1v) is 16.7. The number of hydrogen-bond donors (Lipinski definition) is 2. The van der Waals surface area contributed by atoms with Crippen molar-refractivity contribution in [1.29, 1.82) is 0 Å². The van der Waals surface area contributed by atoms with E-state index in [1.54, 1.807) is 10.9 Å². The lowest BCUT2D eigenvalue weighted by Gasteiger charge is -2.11. The maximum absolute atomic E-state index is 10.8. The summed E-state index contributed by atoms with van der Waals surface area (Å²) in [6, 6.07) is 24.8. The molecule has 0 spiro atoms. The fraction of sp³-hybridized carbons (Fsp3) is 0.368. The van der Waals surface area contributed by atoms with Gasteiger partial charge in [-0.1, -0.05) is 101 Å². The lowest BCUT2D eigenvalue weighted by Crippen LogP contribution is -2.02. The average Bonchev–Trinajstić information content (AvgIpc) is 3.69. The number of unbranched alkanes of at least 4 members (excludes halogenated alkanes) is 9. The van der Waals surface area contributed by atoms with Crippen LogP contribution < -0.4 is 0 Å². The van der Waals surface area contributed by atoms with Crippen LogP contribution >= 0.6 is 0 Å². The molecular weight excluding hydrogens is 572 g/mol. The van der Waals surface area contributed by atoms with Crippen molar-refractivity contribution in [2.45, 2.75) is 91.4 Å². The molecule has 6 aromatic rings. The fourth-order valence-electron chi connectivity index (χ4n) is 5.71. The van der Waals surface area contributed by atoms with Crippen LogP contribution in [0.1, 0.15) is 87.8 Å². The fourth-order valence-corrected chi connectivity index (χ4v) is 5.71. The van der Waals surface area contributed by atoms with Crippen LogP contribution in [0.2, 0.25) is 0 Å². The number of nitrogens with zero attached hydrogens (tertiary/aromatic N) is 6. The average molecular weight is 619 g/mol. The van der Waals surface area contributed by atoms with E-state index in [9.17, 15) is 10.2 Å². The van der Waals surface area contributed by atoms with Crippen molar-refractivity contribution in [3.63, 3.8) is 0 Å². The molecule has 2 heterocycles. The molecule has 8 heteroatoms. The Morgan fingerprint density at radius 1 is 0.522 bits per heavy atom. The minimum absolute atomic E-state index is 0.177. The molecule has 0 aliphatic heterocycles. The molecule has 0 bridgehead atoms. The molecule has 0 atom stereocenters. The third kappa shape index (κ3) is 8.50. The smallest absolute Gasteiger partial charge is 0.146 e. The van der Waals surface area contributed by atoms with E-state index in [1.807, 2.05) is 73.7 Å². The zero-order chi connectivity index (χ0) is 32.3. The van der Waals surface area contributed by atoms with Crippen LogP contribution in [0.4, 0.5) is 0 Å². The molecule has 2 N–H and O–H groups in total. The quantitative estimate of drug-likeness (QED) is 0.125. The van der Waals surface area contributed by atoms with Crippen molar-refractivity contribution in [3.05, 3.63) is 95.6 Å². The molecule has 0 aliphatic rings. The standard InChI is InChI=1S/C25H35N3O.C13H11N3O/c1-3-4-5-6-7-8-9-10-11-12-15-21-18-20(2)19-24(25(21)29)28-26-22-16-13-14-17-23(22)27-28;1-9-6-7-13(17)12(8-9)16-14-10-4-2-3-5-11(10)15-16/h13-14,16-19,29H,3-12,15H2,1-2H3;2-8,17H,1H3. The predicted molar refractivity (Wildman–Crippen MR) is 186 cm³/mol. The molecule has 46 heavy (non-hydrogen) atoms. The number of rotatable bonds is 13. The number of benzene rings is 4. The van der Waals surface area contributed by atoms with Crippen molar-refractivity contribution >= 4 is 22.1 Å². The van der Waals surface area contributed by atoms with E-state index >= 15 is 0 Å². The van der Waals surface area contributed by atoms with E-state index in [0.29, 0.717) is 17.1 Å². The van der Waals surface area contributed by atoms with Crippen LogP contribution in [0.25, 0.3) is 33.4 Å². The van der Waals surface area contributed by atoms with Gasteiger partial charge in [0.05, 0.1) is 0 Å². The number of aromatic nitrogens is 6. The topological polar surface area (TPSA) is 102 Å². The Kier molecular flexibility index (Phi) is 11.4. The Labute approximate surface area is 271 Å². The van der Waals surface area contributed by atoms with E-state index in [2.05, 4.69) is 40.3 Å². The Balaban J connectivity index is 0.000000207. The number of aromatic hydroxyl groups is 2. The van der Waals surface area contributed by atoms with E-state index < -0.39 is 0 Å². The van der Waals surface area contributed by atoms with Gasteiger partial charge >= 0.3 is 0 Å². The third-order valence-corrected chi connectivity index (χ3v) is 8.25. The van der Waals surface area contributed by atoms with Crippen molar-refractivity contribution in [2.75, 3.05) is 0 Å². The van der Waals surface area contributed by atoms with Gasteiger partial charge in [-0.05, 0) is 85.8 Å². The second-order valence-corrected chi connectivity index (χ2v) is 12.2. The van der Waals surface area contributed by atoms with Gasteiger partial charge in [0, 0.05) is 0 Å². The van der Waals surface area contributed by atoms with Gasteiger partial charge in [-0.2, -0.15) is 0 Å². The Morgan fingerprint density at radius 3 is 1.50 bits per heavy atom. The maximum atomic E-state index is 10.8. The molecule has 0 unspecified atom stereocenters. The van der Waals surface area contributed by atoms with Gasteiger partial charge in [-0.15, -0.1) is 30.0 Å². The highest BCUT2D eigenvalue weighted by Gasteiger charge is 2.14. The molecule has 0 radical (unpaired) electrons. The van der Waals surface area contributed by atoms with Gasteiger partial charge in [0.1, 0.15) is 44.9 Å². The molecule has 8 nitrogen and oxygen atoms in total. The lowest BCUT2D eigenvalue weighted by molar-refractivity contribution is 0.458. The third-order valence-electron chi connectivity index (χ3n) is 8.25. The summed E-state index contributed by atoms with van der Waals surface area (Å²) >= 11 is 0. The number of aryl methyl sites for hydroxylation is 3. The van der Waals surface area contributed by atoms with E-state index in [4.69, 9.17) is 0 Å². The summed E-state index contributed by atoms with van der Waals surface area (Å²) in [5.74, 6) is 0.489. The molecule has 0 aliphatic carbocycles. The summed E-state index contributed by atoms with van der Waals surface area (Å²) in [6.45, 7) is 6.29. The van der Waals surface area contributed by atoms with Gasteiger partial charge in [0.2, 0.25) is 0 Å². The van der Waals surface area contributed by atoms with Crippen LogP contribution in [-0.4, -0.2) is 40.2 Å². The summed E-state index contributed by atoms with van der Waals surface area (Å²) in [4.78, 5) is 3.03. The number of hydrogen-bond acceptors (Lipinski definition) is 6. The van der Waals surface area contributed by atoms with Gasteiger partial charge < -0.3 is 10.2 Å². The summed E-state index contributed by atoms with van der Waals surface area (Å²) in [5, 5.41) is 38.4. The monoisotopic (exact) mass is 618 g/mol. The van der Waals surface area contributed by atoms with Crippen LogP contribution in [0.15, 0.2) is 78.9 Å². The first kappa shape index (κ1) is 32.7. The second-order valence-electron chi connectivity index (χ2n) is 12.2. The second kappa shape index (κ2) is 16.0. The zero-order valence-corrected chi connectivity index (χ0v) is 27.4. The highest BCUT2D eigenvalue weighted by atomic mass is 16.3. The number of phenols is 2. The Bertz CT molecular complexity index is 1790. The van der Waals surface area contributed by atoms with Gasteiger partial charge in [-0.25, -0.2) is 0 Å². The van der Waals surface area contributed by atoms with Crippen molar-refractivity contribution < 1.29 is 10.2 Å². The normalized spacial score (nSPS) is 11.2. The molecule has 0 saturated carbocycles. The van der Waals surface area contributed by atoms with Crippen molar-refractivity contribution in [3.8, 4) is 22.9 Å². The van der Waals surface area contributed by atoms with Gasteiger partial charge in [-0.3, -0.25) is 0 Å². The van der Waals surface area contributed by atoms with E-state index in [0.717, 1.165) is 51.6 Å². The number of fused-ring (bicyclic) bond motifs is 2. The highest BCUT2D eigenvalue weighted by molar-refractivity contribution is 5.74. The first-order chi connectivity index (χ1) is 22.4. The molecule has 0 fully saturated rings.